The molecule has 1 aromatic carbocycles. The van der Waals surface area contributed by atoms with Crippen LogP contribution in [0, 0.1) is 0 Å². The summed E-state index contributed by atoms with van der Waals surface area (Å²) < 4.78 is 10.7. The molecule has 0 spiro atoms. The molecule has 0 fully saturated rings. The molecule has 2 amide bonds. The van der Waals surface area contributed by atoms with Gasteiger partial charge in [0, 0.05) is 16.3 Å². The Morgan fingerprint density at radius 2 is 1.82 bits per heavy atom. The number of rotatable bonds is 10. The van der Waals surface area contributed by atoms with Crippen molar-refractivity contribution in [1.29, 1.82) is 0 Å². The zero-order valence-corrected chi connectivity index (χ0v) is 19.7. The fraction of sp³-hybridized carbons (Fsp3) is 0.200. The van der Waals surface area contributed by atoms with Crippen molar-refractivity contribution in [3.8, 4) is 5.75 Å². The molecule has 0 aliphatic rings. The van der Waals surface area contributed by atoms with Crippen molar-refractivity contribution in [3.63, 3.8) is 0 Å². The van der Waals surface area contributed by atoms with Crippen LogP contribution in [-0.4, -0.2) is 23.8 Å². The number of hydrogen-bond acceptors (Lipinski definition) is 6. The lowest BCUT2D eigenvalue weighted by Gasteiger charge is -2.30. The maximum absolute atomic E-state index is 13.5. The van der Waals surface area contributed by atoms with Crippen LogP contribution in [0.4, 0.5) is 0 Å². The van der Waals surface area contributed by atoms with Crippen LogP contribution in [0.25, 0.3) is 0 Å². The molecule has 0 aliphatic carbocycles. The van der Waals surface area contributed by atoms with Crippen LogP contribution >= 0.6 is 22.7 Å². The Bertz CT molecular complexity index is 1140. The maximum atomic E-state index is 13.5. The monoisotopic (exact) mass is 480 g/mol. The smallest absolute Gasteiger partial charge is 0.248 e. The average Bonchev–Trinajstić information content (AvgIpc) is 3.62. The molecule has 1 atom stereocenters. The zero-order valence-electron chi connectivity index (χ0n) is 18.1. The van der Waals surface area contributed by atoms with Crippen molar-refractivity contribution >= 4 is 34.5 Å². The number of benzene rings is 1. The molecule has 3 aromatic heterocycles. The van der Waals surface area contributed by atoms with Crippen LogP contribution < -0.4 is 10.1 Å². The van der Waals surface area contributed by atoms with Crippen LogP contribution in [0.2, 0.25) is 0 Å². The summed E-state index contributed by atoms with van der Waals surface area (Å²) in [5.74, 6) is 1.01. The Kier molecular flexibility index (Phi) is 7.59. The lowest BCUT2D eigenvalue weighted by molar-refractivity contribution is -0.141. The van der Waals surface area contributed by atoms with Crippen LogP contribution in [0.1, 0.15) is 27.1 Å². The molecule has 8 heteroatoms. The Hall–Kier alpha value is -3.36. The van der Waals surface area contributed by atoms with Gasteiger partial charge in [0.25, 0.3) is 0 Å². The van der Waals surface area contributed by atoms with Gasteiger partial charge in [0.2, 0.25) is 11.8 Å². The van der Waals surface area contributed by atoms with Crippen molar-refractivity contribution in [2.75, 3.05) is 7.11 Å². The van der Waals surface area contributed by atoms with Gasteiger partial charge >= 0.3 is 0 Å². The van der Waals surface area contributed by atoms with E-state index >= 15 is 0 Å². The minimum atomic E-state index is -0.763. The van der Waals surface area contributed by atoms with E-state index in [0.717, 1.165) is 21.1 Å². The molecule has 0 saturated heterocycles. The molecule has 0 unspecified atom stereocenters. The van der Waals surface area contributed by atoms with Crippen LogP contribution in [0.3, 0.4) is 0 Å². The fourth-order valence-corrected chi connectivity index (χ4v) is 4.99. The number of furan rings is 1. The van der Waals surface area contributed by atoms with E-state index in [0.29, 0.717) is 12.3 Å². The highest BCUT2D eigenvalue weighted by molar-refractivity contribution is 7.10. The SMILES string of the molecule is COc1ccc(CNC(=O)[C@H](c2cccs2)N(Cc2ccco2)C(=O)Cc2cccs2)cc1. The first kappa shape index (κ1) is 22.8. The van der Waals surface area contributed by atoms with Gasteiger partial charge in [0.1, 0.15) is 17.6 Å². The second-order valence-electron chi connectivity index (χ2n) is 7.34. The second kappa shape index (κ2) is 11.0. The summed E-state index contributed by atoms with van der Waals surface area (Å²) in [7, 11) is 1.61. The topological polar surface area (TPSA) is 71.8 Å². The quantitative estimate of drug-likeness (QED) is 0.345. The molecule has 0 bridgehead atoms. The summed E-state index contributed by atoms with van der Waals surface area (Å²) >= 11 is 2.98. The average molecular weight is 481 g/mol. The van der Waals surface area contributed by atoms with Gasteiger partial charge in [-0.2, -0.15) is 0 Å². The highest BCUT2D eigenvalue weighted by Gasteiger charge is 2.33. The van der Waals surface area contributed by atoms with Gasteiger partial charge in [-0.15, -0.1) is 22.7 Å². The van der Waals surface area contributed by atoms with E-state index in [4.69, 9.17) is 9.15 Å². The summed E-state index contributed by atoms with van der Waals surface area (Å²) in [6.07, 6.45) is 1.80. The number of hydrogen-bond donors (Lipinski definition) is 1. The van der Waals surface area contributed by atoms with Crippen molar-refractivity contribution in [1.82, 2.24) is 10.2 Å². The summed E-state index contributed by atoms with van der Waals surface area (Å²) in [5.41, 5.74) is 0.941. The summed E-state index contributed by atoms with van der Waals surface area (Å²) in [4.78, 5) is 30.2. The summed E-state index contributed by atoms with van der Waals surface area (Å²) in [6, 6.07) is 18.0. The molecule has 4 aromatic rings. The van der Waals surface area contributed by atoms with E-state index in [9.17, 15) is 9.59 Å². The summed E-state index contributed by atoms with van der Waals surface area (Å²) in [6.45, 7) is 0.550. The Balaban J connectivity index is 1.58. The van der Waals surface area contributed by atoms with Crippen molar-refractivity contribution in [2.24, 2.45) is 0 Å². The van der Waals surface area contributed by atoms with Crippen LogP contribution in [0.5, 0.6) is 5.75 Å². The standard InChI is InChI=1S/C25H24N2O4S2/c1-30-19-10-8-18(9-11-19)16-26-25(29)24(22-7-4-14-33-22)27(17-20-5-2-12-31-20)23(28)15-21-6-3-13-32-21/h2-14,24H,15-17H2,1H3,(H,26,29)/t24-/m0/s1. The van der Waals surface area contributed by atoms with E-state index < -0.39 is 6.04 Å². The number of thiophene rings is 2. The van der Waals surface area contributed by atoms with E-state index in [1.165, 1.54) is 22.7 Å². The molecule has 0 radical (unpaired) electrons. The molecule has 4 rings (SSSR count). The first-order chi connectivity index (χ1) is 16.1. The van der Waals surface area contributed by atoms with Gasteiger partial charge in [-0.05, 0) is 52.7 Å². The normalized spacial score (nSPS) is 11.7. The predicted octanol–water partition coefficient (Wildman–Crippen LogP) is 5.04. The largest absolute Gasteiger partial charge is 0.497 e. The molecule has 33 heavy (non-hydrogen) atoms. The van der Waals surface area contributed by atoms with Crippen molar-refractivity contribution < 1.29 is 18.7 Å². The predicted molar refractivity (Wildman–Crippen MR) is 129 cm³/mol. The van der Waals surface area contributed by atoms with E-state index in [1.807, 2.05) is 65.4 Å². The van der Waals surface area contributed by atoms with Crippen LogP contribution in [-0.2, 0) is 29.1 Å². The third-order valence-electron chi connectivity index (χ3n) is 5.13. The zero-order chi connectivity index (χ0) is 23.0. The van der Waals surface area contributed by atoms with E-state index in [2.05, 4.69) is 5.32 Å². The third-order valence-corrected chi connectivity index (χ3v) is 6.93. The molecular weight excluding hydrogens is 456 g/mol. The Morgan fingerprint density at radius 3 is 2.45 bits per heavy atom. The van der Waals surface area contributed by atoms with Gasteiger partial charge < -0.3 is 19.4 Å². The number of nitrogens with zero attached hydrogens (tertiary/aromatic N) is 1. The lowest BCUT2D eigenvalue weighted by Crippen LogP contribution is -2.43. The first-order valence-electron chi connectivity index (χ1n) is 10.4. The number of methoxy groups -OCH3 is 1. The van der Waals surface area contributed by atoms with Crippen molar-refractivity contribution in [3.05, 3.63) is 98.8 Å². The van der Waals surface area contributed by atoms with E-state index in [-0.39, 0.29) is 24.8 Å². The van der Waals surface area contributed by atoms with Gasteiger partial charge in [-0.1, -0.05) is 24.3 Å². The highest BCUT2D eigenvalue weighted by atomic mass is 32.1. The molecule has 3 heterocycles. The van der Waals surface area contributed by atoms with Gasteiger partial charge in [-0.25, -0.2) is 0 Å². The molecule has 1 N–H and O–H groups in total. The maximum Gasteiger partial charge on any atom is 0.248 e. The number of amides is 2. The number of carbonyl (C=O) groups is 2. The summed E-state index contributed by atoms with van der Waals surface area (Å²) in [5, 5.41) is 6.86. The Labute approximate surface area is 200 Å². The van der Waals surface area contributed by atoms with Crippen LogP contribution in [0.15, 0.2) is 82.1 Å². The minimum Gasteiger partial charge on any atom is -0.497 e. The van der Waals surface area contributed by atoms with Gasteiger partial charge in [0.15, 0.2) is 0 Å². The van der Waals surface area contributed by atoms with Gasteiger partial charge in [-0.3, -0.25) is 9.59 Å². The van der Waals surface area contributed by atoms with E-state index in [1.54, 1.807) is 24.3 Å². The molecule has 6 nitrogen and oxygen atoms in total. The molecule has 0 aliphatic heterocycles. The number of nitrogens with one attached hydrogen (secondary N) is 1. The number of ether oxygens (including phenoxy) is 1. The second-order valence-corrected chi connectivity index (χ2v) is 9.35. The van der Waals surface area contributed by atoms with Gasteiger partial charge in [0.05, 0.1) is 26.3 Å². The highest BCUT2D eigenvalue weighted by Crippen LogP contribution is 2.29. The fourth-order valence-electron chi connectivity index (χ4n) is 3.46. The Morgan fingerprint density at radius 1 is 1.03 bits per heavy atom. The first-order valence-corrected chi connectivity index (χ1v) is 12.2. The minimum absolute atomic E-state index is 0.133. The molecule has 170 valence electrons. The molecule has 0 saturated carbocycles. The number of carbonyl (C=O) groups excluding carboxylic acids is 2. The molecular formula is C25H24N2O4S2. The lowest BCUT2D eigenvalue weighted by atomic mass is 10.1. The third kappa shape index (κ3) is 5.91. The van der Waals surface area contributed by atoms with Crippen molar-refractivity contribution in [2.45, 2.75) is 25.6 Å².